The van der Waals surface area contributed by atoms with Gasteiger partial charge in [-0.15, -0.1) is 0 Å². The van der Waals surface area contributed by atoms with Crippen LogP contribution in [-0.2, 0) is 9.59 Å². The molecule has 0 bridgehead atoms. The summed E-state index contributed by atoms with van der Waals surface area (Å²) < 4.78 is 5.57. The molecule has 0 aromatic heterocycles. The molecule has 2 saturated heterocycles. The topological polar surface area (TPSA) is 78.9 Å². The fraction of sp³-hybridized carbons (Fsp3) is 0.556. The van der Waals surface area contributed by atoms with Gasteiger partial charge in [0.05, 0.1) is 24.5 Å². The van der Waals surface area contributed by atoms with Gasteiger partial charge in [-0.05, 0) is 31.4 Å². The number of hydrogen-bond donors (Lipinski definition) is 2. The molecule has 2 N–H and O–H groups in total. The number of hydrogen-bond acceptors (Lipinski definition) is 4. The van der Waals surface area contributed by atoms with E-state index in [1.54, 1.807) is 4.90 Å². The molecule has 2 amide bonds. The molecule has 6 heteroatoms. The summed E-state index contributed by atoms with van der Waals surface area (Å²) in [7, 11) is 0. The second-order valence-electron chi connectivity index (χ2n) is 6.55. The molecule has 0 unspecified atom stereocenters. The van der Waals surface area contributed by atoms with E-state index in [4.69, 9.17) is 4.74 Å². The van der Waals surface area contributed by atoms with E-state index in [0.29, 0.717) is 39.1 Å². The van der Waals surface area contributed by atoms with Gasteiger partial charge in [-0.25, -0.2) is 0 Å². The van der Waals surface area contributed by atoms with Gasteiger partial charge >= 0.3 is 0 Å². The maximum Gasteiger partial charge on any atom is 0.230 e. The molecule has 2 aliphatic rings. The van der Waals surface area contributed by atoms with Gasteiger partial charge in [0.15, 0.2) is 0 Å². The van der Waals surface area contributed by atoms with Crippen LogP contribution < -0.4 is 10.1 Å². The van der Waals surface area contributed by atoms with Crippen molar-refractivity contribution >= 4 is 11.8 Å². The number of benzene rings is 1. The lowest BCUT2D eigenvalue weighted by molar-refractivity contribution is -0.154. The third-order valence-corrected chi connectivity index (χ3v) is 5.00. The molecule has 6 nitrogen and oxygen atoms in total. The van der Waals surface area contributed by atoms with Gasteiger partial charge in [0, 0.05) is 19.6 Å². The van der Waals surface area contributed by atoms with Crippen molar-refractivity contribution in [3.8, 4) is 5.75 Å². The molecule has 0 aliphatic carbocycles. The summed E-state index contributed by atoms with van der Waals surface area (Å²) in [5, 5.41) is 13.2. The minimum Gasteiger partial charge on any atom is -0.493 e. The summed E-state index contributed by atoms with van der Waals surface area (Å²) in [6.07, 6.45) is 1.50. The van der Waals surface area contributed by atoms with Gasteiger partial charge < -0.3 is 20.1 Å². The highest BCUT2D eigenvalue weighted by atomic mass is 16.5. The maximum absolute atomic E-state index is 12.5. The van der Waals surface area contributed by atoms with Crippen LogP contribution in [0, 0.1) is 5.41 Å². The van der Waals surface area contributed by atoms with Crippen molar-refractivity contribution < 1.29 is 19.4 Å². The highest BCUT2D eigenvalue weighted by Gasteiger charge is 2.50. The first-order valence-electron chi connectivity index (χ1n) is 8.54. The second-order valence-corrected chi connectivity index (χ2v) is 6.55. The van der Waals surface area contributed by atoms with Gasteiger partial charge in [0.1, 0.15) is 5.75 Å². The SMILES string of the molecule is O=C(CCOc1ccccc1)N1CC[C@@H](O)[C@@]2(CCCNC2=O)C1. The molecule has 2 fully saturated rings. The second kappa shape index (κ2) is 7.21. The zero-order chi connectivity index (χ0) is 17.0. The number of piperidine rings is 2. The van der Waals surface area contributed by atoms with Crippen molar-refractivity contribution in [2.24, 2.45) is 5.41 Å². The molecule has 1 aromatic carbocycles. The molecule has 2 aliphatic heterocycles. The van der Waals surface area contributed by atoms with Crippen LogP contribution in [0.3, 0.4) is 0 Å². The summed E-state index contributed by atoms with van der Waals surface area (Å²) >= 11 is 0. The predicted molar refractivity (Wildman–Crippen MR) is 88.4 cm³/mol. The van der Waals surface area contributed by atoms with Gasteiger partial charge in [0.2, 0.25) is 11.8 Å². The molecule has 1 spiro atoms. The quantitative estimate of drug-likeness (QED) is 0.860. The number of ether oxygens (including phenoxy) is 1. The van der Waals surface area contributed by atoms with E-state index in [-0.39, 0.29) is 18.2 Å². The van der Waals surface area contributed by atoms with Crippen LogP contribution in [0.5, 0.6) is 5.75 Å². The Bertz CT molecular complexity index is 592. The summed E-state index contributed by atoms with van der Waals surface area (Å²) in [6.45, 7) is 1.73. The van der Waals surface area contributed by atoms with Crippen molar-refractivity contribution in [3.63, 3.8) is 0 Å². The first-order valence-corrected chi connectivity index (χ1v) is 8.54. The predicted octanol–water partition coefficient (Wildman–Crippen LogP) is 0.945. The van der Waals surface area contributed by atoms with Crippen molar-refractivity contribution in [2.45, 2.75) is 31.8 Å². The summed E-state index contributed by atoms with van der Waals surface area (Å²) in [5.74, 6) is 0.581. The van der Waals surface area contributed by atoms with Crippen molar-refractivity contribution in [3.05, 3.63) is 30.3 Å². The van der Waals surface area contributed by atoms with Crippen LogP contribution in [0.4, 0.5) is 0 Å². The van der Waals surface area contributed by atoms with E-state index in [0.717, 1.165) is 12.2 Å². The Balaban J connectivity index is 1.56. The van der Waals surface area contributed by atoms with E-state index in [2.05, 4.69) is 5.32 Å². The van der Waals surface area contributed by atoms with Gasteiger partial charge in [0.25, 0.3) is 0 Å². The van der Waals surface area contributed by atoms with E-state index >= 15 is 0 Å². The first kappa shape index (κ1) is 16.8. The average molecular weight is 332 g/mol. The lowest BCUT2D eigenvalue weighted by Crippen LogP contribution is -2.62. The van der Waals surface area contributed by atoms with Crippen LogP contribution in [0.25, 0.3) is 0 Å². The first-order chi connectivity index (χ1) is 11.6. The number of rotatable bonds is 4. The molecule has 0 saturated carbocycles. The molecule has 130 valence electrons. The Hall–Kier alpha value is -2.08. The number of nitrogens with zero attached hydrogens (tertiary/aromatic N) is 1. The van der Waals surface area contributed by atoms with Crippen LogP contribution >= 0.6 is 0 Å². The largest absolute Gasteiger partial charge is 0.493 e. The number of aliphatic hydroxyl groups excluding tert-OH is 1. The zero-order valence-electron chi connectivity index (χ0n) is 13.7. The van der Waals surface area contributed by atoms with Crippen LogP contribution in [0.15, 0.2) is 30.3 Å². The summed E-state index contributed by atoms with van der Waals surface area (Å²) in [5.41, 5.74) is -0.841. The van der Waals surface area contributed by atoms with E-state index < -0.39 is 11.5 Å². The van der Waals surface area contributed by atoms with Gasteiger partial charge in [-0.1, -0.05) is 18.2 Å². The smallest absolute Gasteiger partial charge is 0.230 e. The number of likely N-dealkylation sites (tertiary alicyclic amines) is 1. The Labute approximate surface area is 141 Å². The van der Waals surface area contributed by atoms with Crippen molar-refractivity contribution in [2.75, 3.05) is 26.2 Å². The van der Waals surface area contributed by atoms with Gasteiger partial charge in [-0.3, -0.25) is 9.59 Å². The Morgan fingerprint density at radius 1 is 1.38 bits per heavy atom. The molecular formula is C18H24N2O4. The third-order valence-electron chi connectivity index (χ3n) is 5.00. The molecule has 1 aromatic rings. The standard InChI is InChI=1S/C18H24N2O4/c21-15-7-11-20(13-18(15)9-4-10-19-17(18)23)16(22)8-12-24-14-5-2-1-3-6-14/h1-3,5-6,15,21H,4,7-13H2,(H,19,23)/t15-,18-/m1/s1. The number of nitrogens with one attached hydrogen (secondary N) is 1. The van der Waals surface area contributed by atoms with Crippen molar-refractivity contribution in [1.29, 1.82) is 0 Å². The monoisotopic (exact) mass is 332 g/mol. The lowest BCUT2D eigenvalue weighted by Gasteiger charge is -2.46. The highest BCUT2D eigenvalue weighted by Crippen LogP contribution is 2.37. The highest BCUT2D eigenvalue weighted by molar-refractivity contribution is 5.86. The Morgan fingerprint density at radius 2 is 2.17 bits per heavy atom. The zero-order valence-corrected chi connectivity index (χ0v) is 13.7. The molecule has 2 heterocycles. The lowest BCUT2D eigenvalue weighted by atomic mass is 9.71. The summed E-state index contributed by atoms with van der Waals surface area (Å²) in [6, 6.07) is 9.38. The molecule has 3 rings (SSSR count). The van der Waals surface area contributed by atoms with E-state index in [1.807, 2.05) is 30.3 Å². The number of para-hydroxylation sites is 1. The molecular weight excluding hydrogens is 308 g/mol. The van der Waals surface area contributed by atoms with Crippen LogP contribution in [0.2, 0.25) is 0 Å². The maximum atomic E-state index is 12.5. The minimum atomic E-state index is -0.841. The van der Waals surface area contributed by atoms with Crippen LogP contribution in [0.1, 0.15) is 25.7 Å². The normalized spacial score (nSPS) is 27.0. The molecule has 2 atom stereocenters. The van der Waals surface area contributed by atoms with Crippen molar-refractivity contribution in [1.82, 2.24) is 10.2 Å². The van der Waals surface area contributed by atoms with E-state index in [1.165, 1.54) is 0 Å². The Morgan fingerprint density at radius 3 is 2.92 bits per heavy atom. The number of carbonyl (C=O) groups is 2. The number of aliphatic hydroxyl groups is 1. The van der Waals surface area contributed by atoms with E-state index in [9.17, 15) is 14.7 Å². The molecule has 0 radical (unpaired) electrons. The minimum absolute atomic E-state index is 0.0319. The number of carbonyl (C=O) groups excluding carboxylic acids is 2. The Kier molecular flexibility index (Phi) is 5.04. The van der Waals surface area contributed by atoms with Gasteiger partial charge in [-0.2, -0.15) is 0 Å². The molecule has 24 heavy (non-hydrogen) atoms. The fourth-order valence-electron chi connectivity index (χ4n) is 3.59. The fourth-order valence-corrected chi connectivity index (χ4v) is 3.59. The third kappa shape index (κ3) is 3.38. The number of amides is 2. The summed E-state index contributed by atoms with van der Waals surface area (Å²) in [4.78, 5) is 26.5. The van der Waals surface area contributed by atoms with Crippen LogP contribution in [-0.4, -0.2) is 54.2 Å². The average Bonchev–Trinajstić information content (AvgIpc) is 2.60.